The number of hydrogen-bond acceptors (Lipinski definition) is 4. The third-order valence-electron chi connectivity index (χ3n) is 5.19. The van der Waals surface area contributed by atoms with Crippen LogP contribution >= 0.6 is 15.9 Å². The average Bonchev–Trinajstić information content (AvgIpc) is 3.23. The van der Waals surface area contributed by atoms with Crippen molar-refractivity contribution in [2.24, 2.45) is 0 Å². The van der Waals surface area contributed by atoms with E-state index in [2.05, 4.69) is 31.4 Å². The topological polar surface area (TPSA) is 52.3 Å². The quantitative estimate of drug-likeness (QED) is 0.269. The molecule has 0 aliphatic carbocycles. The minimum Gasteiger partial charge on any atom is -0.493 e. The lowest BCUT2D eigenvalue weighted by atomic mass is 10.0. The van der Waals surface area contributed by atoms with Gasteiger partial charge in [0.15, 0.2) is 0 Å². The molecule has 0 amide bonds. The Balaban J connectivity index is 1.61. The van der Waals surface area contributed by atoms with Crippen LogP contribution in [0.4, 0.5) is 0 Å². The zero-order valence-electron chi connectivity index (χ0n) is 17.6. The first kappa shape index (κ1) is 20.4. The van der Waals surface area contributed by atoms with Crippen LogP contribution in [-0.2, 0) is 0 Å². The number of nitrogens with zero attached hydrogens (tertiary/aromatic N) is 4. The van der Waals surface area contributed by atoms with Gasteiger partial charge in [0, 0.05) is 34.5 Å². The fraction of sp³-hybridized carbons (Fsp3) is 0.115. The molecule has 0 unspecified atom stereocenters. The van der Waals surface area contributed by atoms with Crippen LogP contribution in [0.1, 0.15) is 5.69 Å². The predicted molar refractivity (Wildman–Crippen MR) is 131 cm³/mol. The molecule has 6 heteroatoms. The Labute approximate surface area is 194 Å². The Morgan fingerprint density at radius 2 is 1.75 bits per heavy atom. The number of benzene rings is 1. The fourth-order valence-electron chi connectivity index (χ4n) is 3.74. The lowest BCUT2D eigenvalue weighted by Gasteiger charge is -2.09. The molecule has 5 nitrogen and oxygen atoms in total. The maximum absolute atomic E-state index is 5.67. The highest BCUT2D eigenvalue weighted by atomic mass is 79.9. The van der Waals surface area contributed by atoms with E-state index in [1.165, 1.54) is 0 Å². The molecule has 1 aromatic carbocycles. The van der Waals surface area contributed by atoms with Crippen molar-refractivity contribution >= 4 is 21.6 Å². The van der Waals surface area contributed by atoms with E-state index in [4.69, 9.17) is 14.7 Å². The molecule has 4 heterocycles. The molecule has 0 fully saturated rings. The number of rotatable bonds is 6. The van der Waals surface area contributed by atoms with Gasteiger partial charge in [-0.25, -0.2) is 4.98 Å². The Morgan fingerprint density at radius 1 is 0.875 bits per heavy atom. The molecule has 0 N–H and O–H groups in total. The van der Waals surface area contributed by atoms with E-state index < -0.39 is 0 Å². The summed E-state index contributed by atoms with van der Waals surface area (Å²) >= 11 is 3.38. The van der Waals surface area contributed by atoms with Crippen LogP contribution in [0.5, 0.6) is 5.75 Å². The summed E-state index contributed by atoms with van der Waals surface area (Å²) in [4.78, 5) is 14.2. The van der Waals surface area contributed by atoms with Crippen LogP contribution in [0, 0.1) is 6.92 Å². The van der Waals surface area contributed by atoms with Crippen molar-refractivity contribution < 1.29 is 4.74 Å². The number of alkyl halides is 1. The Kier molecular flexibility index (Phi) is 5.69. The Hall–Kier alpha value is -3.51. The van der Waals surface area contributed by atoms with Crippen LogP contribution in [-0.4, -0.2) is 31.3 Å². The highest BCUT2D eigenvalue weighted by Crippen LogP contribution is 2.33. The summed E-state index contributed by atoms with van der Waals surface area (Å²) in [5, 5.41) is 0.801. The van der Waals surface area contributed by atoms with Crippen LogP contribution in [0.3, 0.4) is 0 Å². The normalized spacial score (nSPS) is 11.1. The summed E-state index contributed by atoms with van der Waals surface area (Å²) in [5.74, 6) is 0.846. The first-order chi connectivity index (χ1) is 15.7. The molecular formula is C26H21BrN4O. The van der Waals surface area contributed by atoms with Crippen molar-refractivity contribution in [2.45, 2.75) is 6.92 Å². The van der Waals surface area contributed by atoms with Crippen LogP contribution < -0.4 is 4.74 Å². The van der Waals surface area contributed by atoms with Crippen molar-refractivity contribution in [1.29, 1.82) is 0 Å². The van der Waals surface area contributed by atoms with Gasteiger partial charge in [-0.05, 0) is 67.6 Å². The van der Waals surface area contributed by atoms with Gasteiger partial charge in [-0.2, -0.15) is 0 Å². The predicted octanol–water partition coefficient (Wildman–Crippen LogP) is 6.21. The molecule has 5 aromatic rings. The number of pyridine rings is 3. The largest absolute Gasteiger partial charge is 0.493 e. The number of halogens is 1. The van der Waals surface area contributed by atoms with Gasteiger partial charge in [-0.3, -0.25) is 14.4 Å². The summed E-state index contributed by atoms with van der Waals surface area (Å²) in [6, 6.07) is 24.2. The van der Waals surface area contributed by atoms with E-state index in [0.717, 1.165) is 56.3 Å². The third kappa shape index (κ3) is 4.01. The van der Waals surface area contributed by atoms with Crippen molar-refractivity contribution in [3.05, 3.63) is 90.9 Å². The smallest absolute Gasteiger partial charge is 0.138 e. The minimum atomic E-state index is 0.636. The third-order valence-corrected chi connectivity index (χ3v) is 5.51. The fourth-order valence-corrected chi connectivity index (χ4v) is 3.90. The number of aryl methyl sites for hydroxylation is 1. The Morgan fingerprint density at radius 3 is 2.56 bits per heavy atom. The summed E-state index contributed by atoms with van der Waals surface area (Å²) in [6.07, 6.45) is 3.88. The lowest BCUT2D eigenvalue weighted by Crippen LogP contribution is -1.97. The van der Waals surface area contributed by atoms with Gasteiger partial charge < -0.3 is 4.74 Å². The van der Waals surface area contributed by atoms with E-state index >= 15 is 0 Å². The summed E-state index contributed by atoms with van der Waals surface area (Å²) in [7, 11) is 0. The highest BCUT2D eigenvalue weighted by Gasteiger charge is 2.17. The second-order valence-corrected chi connectivity index (χ2v) is 8.19. The molecule has 0 radical (unpaired) electrons. The number of fused-ring (bicyclic) bond motifs is 1. The van der Waals surface area contributed by atoms with E-state index in [-0.39, 0.29) is 0 Å². The standard InChI is InChI=1S/C26H21BrN4O/c1-18-5-4-6-22(29-18)25-26(31-15-3-2-7-24(31)30-25)20-12-14-28-23(17-20)19-8-10-21(11-9-19)32-16-13-27/h2-12,14-15,17H,13,16H2,1H3. The van der Waals surface area contributed by atoms with E-state index in [1.807, 2.05) is 86.0 Å². The molecule has 0 aliphatic rings. The van der Waals surface area contributed by atoms with Crippen LogP contribution in [0.2, 0.25) is 0 Å². The summed E-state index contributed by atoms with van der Waals surface area (Å²) in [5.41, 5.74) is 7.51. The Bertz CT molecular complexity index is 1380. The molecule has 32 heavy (non-hydrogen) atoms. The zero-order chi connectivity index (χ0) is 21.9. The van der Waals surface area contributed by atoms with E-state index in [9.17, 15) is 0 Å². The molecule has 158 valence electrons. The van der Waals surface area contributed by atoms with Gasteiger partial charge >= 0.3 is 0 Å². The summed E-state index contributed by atoms with van der Waals surface area (Å²) < 4.78 is 7.77. The lowest BCUT2D eigenvalue weighted by molar-refractivity contribution is 0.345. The van der Waals surface area contributed by atoms with Gasteiger partial charge in [0.2, 0.25) is 0 Å². The number of aromatic nitrogens is 4. The molecule has 4 aromatic heterocycles. The van der Waals surface area contributed by atoms with Crippen molar-refractivity contribution in [1.82, 2.24) is 19.4 Å². The maximum atomic E-state index is 5.67. The molecule has 0 saturated carbocycles. The minimum absolute atomic E-state index is 0.636. The van der Waals surface area contributed by atoms with Crippen molar-refractivity contribution in [3.63, 3.8) is 0 Å². The maximum Gasteiger partial charge on any atom is 0.138 e. The monoisotopic (exact) mass is 484 g/mol. The summed E-state index contributed by atoms with van der Waals surface area (Å²) in [6.45, 7) is 2.63. The molecule has 5 rings (SSSR count). The first-order valence-corrected chi connectivity index (χ1v) is 11.5. The van der Waals surface area contributed by atoms with Gasteiger partial charge in [0.05, 0.1) is 23.7 Å². The highest BCUT2D eigenvalue weighted by molar-refractivity contribution is 9.09. The van der Waals surface area contributed by atoms with Crippen molar-refractivity contribution in [2.75, 3.05) is 11.9 Å². The molecule has 0 spiro atoms. The number of ether oxygens (including phenoxy) is 1. The first-order valence-electron chi connectivity index (χ1n) is 10.4. The molecular weight excluding hydrogens is 464 g/mol. The second kappa shape index (κ2) is 8.93. The van der Waals surface area contributed by atoms with Crippen LogP contribution in [0.25, 0.3) is 39.5 Å². The second-order valence-electron chi connectivity index (χ2n) is 7.39. The molecule has 0 aliphatic heterocycles. The number of imidazole rings is 1. The molecule has 0 saturated heterocycles. The van der Waals surface area contributed by atoms with E-state index in [0.29, 0.717) is 6.61 Å². The zero-order valence-corrected chi connectivity index (χ0v) is 19.2. The van der Waals surface area contributed by atoms with E-state index in [1.54, 1.807) is 0 Å². The van der Waals surface area contributed by atoms with Crippen molar-refractivity contribution in [3.8, 4) is 39.7 Å². The van der Waals surface area contributed by atoms with Gasteiger partial charge in [0.1, 0.15) is 17.1 Å². The molecule has 0 atom stereocenters. The molecule has 0 bridgehead atoms. The van der Waals surface area contributed by atoms with Gasteiger partial charge in [-0.15, -0.1) is 0 Å². The number of hydrogen-bond donors (Lipinski definition) is 0. The van der Waals surface area contributed by atoms with Crippen LogP contribution in [0.15, 0.2) is 85.2 Å². The average molecular weight is 485 g/mol. The SMILES string of the molecule is Cc1cccc(-c2nc3ccccn3c2-c2ccnc(-c3ccc(OCCBr)cc3)c2)n1. The van der Waals surface area contributed by atoms with Gasteiger partial charge in [-0.1, -0.05) is 28.1 Å². The van der Waals surface area contributed by atoms with Gasteiger partial charge in [0.25, 0.3) is 0 Å².